The fraction of sp³-hybridized carbons (Fsp3) is 0.556. The normalized spacial score (nSPS) is 16.6. The van der Waals surface area contributed by atoms with Gasteiger partial charge in [0.15, 0.2) is 0 Å². The number of rotatable bonds is 2. The summed E-state index contributed by atoms with van der Waals surface area (Å²) in [6.45, 7) is 29.7. The average molecular weight is 423 g/mol. The van der Waals surface area contributed by atoms with E-state index in [1.165, 1.54) is 22.3 Å². The summed E-state index contributed by atoms with van der Waals surface area (Å²) in [5.74, 6) is 0. The largest absolute Gasteiger partial charge is 0.0688 e. The summed E-state index contributed by atoms with van der Waals surface area (Å²) in [6.07, 6.45) is 0. The Labute approximate surface area is 182 Å². The highest BCUT2D eigenvalue weighted by atomic mass is 28.4. The minimum Gasteiger partial charge on any atom is -0.0688 e. The number of fused-ring (bicyclic) bond motifs is 3. The maximum Gasteiger partial charge on any atom is 0.0579 e. The van der Waals surface area contributed by atoms with Crippen molar-refractivity contribution in [2.75, 3.05) is 0 Å². The van der Waals surface area contributed by atoms with Gasteiger partial charge in [-0.2, -0.15) is 0 Å². The van der Waals surface area contributed by atoms with Crippen molar-refractivity contribution in [2.24, 2.45) is 0 Å². The van der Waals surface area contributed by atoms with E-state index in [0.717, 1.165) is 0 Å². The van der Waals surface area contributed by atoms with Gasteiger partial charge < -0.3 is 0 Å². The molecule has 0 amide bonds. The van der Waals surface area contributed by atoms with Gasteiger partial charge in [0.1, 0.15) is 0 Å². The maximum absolute atomic E-state index is 2.61. The van der Waals surface area contributed by atoms with Crippen LogP contribution in [0, 0.1) is 0 Å². The molecule has 0 nitrogen and oxygen atoms in total. The van der Waals surface area contributed by atoms with Gasteiger partial charge in [0.25, 0.3) is 0 Å². The first-order valence-corrected chi connectivity index (χ1v) is 18.2. The lowest BCUT2D eigenvalue weighted by Crippen LogP contribution is -2.63. The van der Waals surface area contributed by atoms with Crippen LogP contribution >= 0.6 is 0 Å². The molecule has 29 heavy (non-hydrogen) atoms. The van der Waals surface area contributed by atoms with Crippen molar-refractivity contribution in [1.82, 2.24) is 0 Å². The second-order valence-electron chi connectivity index (χ2n) is 13.3. The Bertz CT molecular complexity index is 859. The lowest BCUT2D eigenvalue weighted by molar-refractivity contribution is 0.588. The van der Waals surface area contributed by atoms with Crippen molar-refractivity contribution in [1.29, 1.82) is 0 Å². The SMILES string of the molecule is CC(C)(C)c1ccc2c(c1)C([Si](C)(C)C)([Si](C)(C)C)c1cc(C(C)(C)C)ccc1-2. The molecule has 0 atom stereocenters. The van der Waals surface area contributed by atoms with Gasteiger partial charge in [-0.05, 0) is 44.2 Å². The van der Waals surface area contributed by atoms with Crippen LogP contribution in [0.25, 0.3) is 11.1 Å². The van der Waals surface area contributed by atoms with Crippen LogP contribution in [0.2, 0.25) is 39.3 Å². The van der Waals surface area contributed by atoms with Crippen molar-refractivity contribution in [2.45, 2.75) is 96.3 Å². The first-order chi connectivity index (χ1) is 12.9. The molecule has 1 aliphatic rings. The highest BCUT2D eigenvalue weighted by molar-refractivity contribution is 6.99. The third-order valence-corrected chi connectivity index (χ3v) is 17.2. The average Bonchev–Trinajstić information content (AvgIpc) is 2.82. The van der Waals surface area contributed by atoms with E-state index in [0.29, 0.717) is 0 Å². The van der Waals surface area contributed by atoms with Gasteiger partial charge in [-0.1, -0.05) is 117 Å². The van der Waals surface area contributed by atoms with Crippen LogP contribution in [-0.4, -0.2) is 16.1 Å². The second-order valence-corrected chi connectivity index (χ2v) is 24.3. The van der Waals surface area contributed by atoms with E-state index in [4.69, 9.17) is 0 Å². The molecule has 0 N–H and O–H groups in total. The predicted octanol–water partition coefficient (Wildman–Crippen LogP) is 8.30. The third kappa shape index (κ3) is 3.31. The zero-order chi connectivity index (χ0) is 22.2. The van der Waals surface area contributed by atoms with Gasteiger partial charge in [-0.15, -0.1) is 0 Å². The Balaban J connectivity index is 2.50. The summed E-state index contributed by atoms with van der Waals surface area (Å²) in [7, 11) is -3.23. The summed E-state index contributed by atoms with van der Waals surface area (Å²) in [5.41, 5.74) is 9.57. The van der Waals surface area contributed by atoms with Gasteiger partial charge >= 0.3 is 0 Å². The molecule has 2 aromatic carbocycles. The van der Waals surface area contributed by atoms with Gasteiger partial charge in [-0.25, -0.2) is 0 Å². The van der Waals surface area contributed by atoms with E-state index in [1.807, 2.05) is 0 Å². The number of hydrogen-bond acceptors (Lipinski definition) is 0. The molecule has 0 aliphatic heterocycles. The summed E-state index contributed by atoms with van der Waals surface area (Å²) < 4.78 is 0.229. The summed E-state index contributed by atoms with van der Waals surface area (Å²) in [4.78, 5) is 0. The molecule has 158 valence electrons. The van der Waals surface area contributed by atoms with Crippen LogP contribution in [0.3, 0.4) is 0 Å². The molecule has 0 spiro atoms. The third-order valence-electron chi connectivity index (χ3n) is 7.12. The smallest absolute Gasteiger partial charge is 0.0579 e. The Kier molecular flexibility index (Phi) is 5.01. The molecule has 0 unspecified atom stereocenters. The molecule has 0 aromatic heterocycles. The Hall–Kier alpha value is -1.13. The van der Waals surface area contributed by atoms with E-state index >= 15 is 0 Å². The van der Waals surface area contributed by atoms with Crippen LogP contribution in [0.15, 0.2) is 36.4 Å². The molecule has 1 aliphatic carbocycles. The molecule has 0 saturated carbocycles. The van der Waals surface area contributed by atoms with Crippen LogP contribution < -0.4 is 0 Å². The minimum atomic E-state index is -1.61. The van der Waals surface area contributed by atoms with Crippen molar-refractivity contribution in [3.05, 3.63) is 58.7 Å². The molecule has 0 heterocycles. The topological polar surface area (TPSA) is 0 Å². The van der Waals surface area contributed by atoms with Crippen LogP contribution in [-0.2, 0) is 15.5 Å². The van der Waals surface area contributed by atoms with Crippen LogP contribution in [0.4, 0.5) is 0 Å². The van der Waals surface area contributed by atoms with Gasteiger partial charge in [0.2, 0.25) is 0 Å². The van der Waals surface area contributed by atoms with Crippen molar-refractivity contribution in [3.8, 4) is 11.1 Å². The van der Waals surface area contributed by atoms with Gasteiger partial charge in [-0.3, -0.25) is 0 Å². The zero-order valence-corrected chi connectivity index (χ0v) is 23.0. The number of benzene rings is 2. The van der Waals surface area contributed by atoms with E-state index in [2.05, 4.69) is 117 Å². The molecule has 0 fully saturated rings. The maximum atomic E-state index is 2.61. The van der Waals surface area contributed by atoms with Crippen LogP contribution in [0.1, 0.15) is 63.8 Å². The fourth-order valence-corrected chi connectivity index (χ4v) is 19.1. The molecule has 0 bridgehead atoms. The molecular formula is C27H42Si2. The van der Waals surface area contributed by atoms with Crippen molar-refractivity contribution in [3.63, 3.8) is 0 Å². The fourth-order valence-electron chi connectivity index (χ4n) is 6.00. The standard InChI is InChI=1S/C27H42Si2/c1-25(2,3)19-13-15-21-22-16-14-20(26(4,5)6)18-24(22)27(23(21)17-19,28(7,8)9)29(10,11)12/h13-18H,1-12H3. The highest BCUT2D eigenvalue weighted by Gasteiger charge is 2.59. The van der Waals surface area contributed by atoms with E-state index in [-0.39, 0.29) is 15.5 Å². The molecule has 2 heteroatoms. The lowest BCUT2D eigenvalue weighted by atomic mass is 9.85. The van der Waals surface area contributed by atoms with Gasteiger partial charge in [0, 0.05) is 4.66 Å². The molecule has 0 radical (unpaired) electrons. The van der Waals surface area contributed by atoms with Crippen molar-refractivity contribution < 1.29 is 0 Å². The van der Waals surface area contributed by atoms with E-state index in [9.17, 15) is 0 Å². The molecule has 0 saturated heterocycles. The van der Waals surface area contributed by atoms with Crippen molar-refractivity contribution >= 4 is 16.1 Å². The monoisotopic (exact) mass is 422 g/mol. The Morgan fingerprint density at radius 2 is 0.862 bits per heavy atom. The molecular weight excluding hydrogens is 380 g/mol. The zero-order valence-electron chi connectivity index (χ0n) is 21.0. The van der Waals surface area contributed by atoms with E-state index < -0.39 is 16.1 Å². The lowest BCUT2D eigenvalue weighted by Gasteiger charge is -2.51. The first kappa shape index (κ1) is 22.6. The number of hydrogen-bond donors (Lipinski definition) is 0. The first-order valence-electron chi connectivity index (χ1n) is 11.2. The second kappa shape index (κ2) is 6.44. The van der Waals surface area contributed by atoms with Crippen LogP contribution in [0.5, 0.6) is 0 Å². The summed E-state index contributed by atoms with van der Waals surface area (Å²) in [6, 6.07) is 14.8. The Morgan fingerprint density at radius 3 is 1.10 bits per heavy atom. The van der Waals surface area contributed by atoms with Gasteiger partial charge in [0.05, 0.1) is 16.1 Å². The molecule has 2 aromatic rings. The van der Waals surface area contributed by atoms with E-state index in [1.54, 1.807) is 11.1 Å². The molecule has 3 rings (SSSR count). The predicted molar refractivity (Wildman–Crippen MR) is 137 cm³/mol. The highest BCUT2D eigenvalue weighted by Crippen LogP contribution is 2.58. The quantitative estimate of drug-likeness (QED) is 0.427. The minimum absolute atomic E-state index is 0.172. The summed E-state index contributed by atoms with van der Waals surface area (Å²) >= 11 is 0. The summed E-state index contributed by atoms with van der Waals surface area (Å²) in [5, 5.41) is 0. The Morgan fingerprint density at radius 1 is 0.552 bits per heavy atom.